The van der Waals surface area contributed by atoms with E-state index in [9.17, 15) is 14.7 Å². The topological polar surface area (TPSA) is 82.2 Å². The van der Waals surface area contributed by atoms with Crippen molar-refractivity contribution in [1.29, 1.82) is 0 Å². The van der Waals surface area contributed by atoms with Gasteiger partial charge in [0.1, 0.15) is 5.56 Å². The zero-order valence-electron chi connectivity index (χ0n) is 14.8. The highest BCUT2D eigenvalue weighted by Gasteiger charge is 2.38. The number of hydrogen-bond acceptors (Lipinski definition) is 3. The summed E-state index contributed by atoms with van der Waals surface area (Å²) in [6.45, 7) is 1.96. The van der Waals surface area contributed by atoms with Crippen molar-refractivity contribution >= 4 is 34.2 Å². The van der Waals surface area contributed by atoms with Crippen LogP contribution in [0.4, 0.5) is 5.69 Å². The SMILES string of the molecule is CCc1c(Cl)c(NC2CC2c2ccccc2)cc2c(=O)c(C(=O)O)c[nH]c12. The van der Waals surface area contributed by atoms with Gasteiger partial charge in [-0.25, -0.2) is 4.79 Å². The van der Waals surface area contributed by atoms with Crippen molar-refractivity contribution < 1.29 is 9.90 Å². The second-order valence-electron chi connectivity index (χ2n) is 6.83. The molecule has 1 saturated carbocycles. The second-order valence-corrected chi connectivity index (χ2v) is 7.21. The Hall–Kier alpha value is -2.79. The van der Waals surface area contributed by atoms with Crippen LogP contribution in [0.2, 0.25) is 5.02 Å². The molecule has 0 aliphatic heterocycles. The molecule has 0 spiro atoms. The molecule has 6 heteroatoms. The van der Waals surface area contributed by atoms with E-state index >= 15 is 0 Å². The zero-order chi connectivity index (χ0) is 19.1. The monoisotopic (exact) mass is 382 g/mol. The third-order valence-corrected chi connectivity index (χ3v) is 5.59. The van der Waals surface area contributed by atoms with Gasteiger partial charge in [-0.2, -0.15) is 0 Å². The van der Waals surface area contributed by atoms with E-state index < -0.39 is 11.4 Å². The minimum atomic E-state index is -1.24. The first-order chi connectivity index (χ1) is 13.0. The number of nitrogens with one attached hydrogen (secondary N) is 2. The quantitative estimate of drug-likeness (QED) is 0.610. The number of aryl methyl sites for hydroxylation is 1. The molecule has 3 aromatic rings. The number of aromatic amines is 1. The number of hydrogen-bond donors (Lipinski definition) is 3. The highest BCUT2D eigenvalue weighted by molar-refractivity contribution is 6.35. The first-order valence-electron chi connectivity index (χ1n) is 8.92. The Morgan fingerprint density at radius 3 is 2.74 bits per heavy atom. The van der Waals surface area contributed by atoms with Crippen molar-refractivity contribution in [2.45, 2.75) is 31.7 Å². The van der Waals surface area contributed by atoms with E-state index in [1.807, 2.05) is 25.1 Å². The summed E-state index contributed by atoms with van der Waals surface area (Å²) in [6.07, 6.45) is 2.85. The van der Waals surface area contributed by atoms with Crippen LogP contribution in [0.15, 0.2) is 47.4 Å². The molecule has 0 radical (unpaired) electrons. The number of carbonyl (C=O) groups is 1. The Bertz CT molecular complexity index is 1090. The molecule has 1 aliphatic rings. The van der Waals surface area contributed by atoms with Crippen molar-refractivity contribution in [2.24, 2.45) is 0 Å². The van der Waals surface area contributed by atoms with Crippen molar-refractivity contribution in [3.63, 3.8) is 0 Å². The molecule has 1 heterocycles. The lowest BCUT2D eigenvalue weighted by Crippen LogP contribution is -2.16. The lowest BCUT2D eigenvalue weighted by molar-refractivity contribution is 0.0695. The summed E-state index contributed by atoms with van der Waals surface area (Å²) in [4.78, 5) is 26.9. The number of pyridine rings is 1. The molecule has 138 valence electrons. The summed E-state index contributed by atoms with van der Waals surface area (Å²) in [5.41, 5.74) is 2.58. The van der Waals surface area contributed by atoms with Crippen molar-refractivity contribution in [2.75, 3.05) is 5.32 Å². The van der Waals surface area contributed by atoms with Gasteiger partial charge in [0.25, 0.3) is 0 Å². The molecule has 5 nitrogen and oxygen atoms in total. The zero-order valence-corrected chi connectivity index (χ0v) is 15.5. The Morgan fingerprint density at radius 1 is 1.33 bits per heavy atom. The van der Waals surface area contributed by atoms with E-state index in [1.165, 1.54) is 11.8 Å². The first-order valence-corrected chi connectivity index (χ1v) is 9.30. The van der Waals surface area contributed by atoms with E-state index in [0.717, 1.165) is 12.0 Å². The number of carboxylic acid groups (broad SMARTS) is 1. The number of fused-ring (bicyclic) bond motifs is 1. The number of aromatic nitrogens is 1. The fraction of sp³-hybridized carbons (Fsp3) is 0.238. The molecular weight excluding hydrogens is 364 g/mol. The van der Waals surface area contributed by atoms with E-state index in [4.69, 9.17) is 11.6 Å². The Morgan fingerprint density at radius 2 is 2.07 bits per heavy atom. The van der Waals surface area contributed by atoms with Gasteiger partial charge in [0.15, 0.2) is 0 Å². The molecule has 0 amide bonds. The molecule has 1 aliphatic carbocycles. The Balaban J connectivity index is 1.75. The maximum atomic E-state index is 12.6. The summed E-state index contributed by atoms with van der Waals surface area (Å²) >= 11 is 6.61. The van der Waals surface area contributed by atoms with Gasteiger partial charge in [0.05, 0.1) is 16.2 Å². The van der Waals surface area contributed by atoms with E-state index in [-0.39, 0.29) is 11.6 Å². The summed E-state index contributed by atoms with van der Waals surface area (Å²) in [5, 5.41) is 13.6. The molecule has 4 rings (SSSR count). The van der Waals surface area contributed by atoms with Crippen molar-refractivity contribution in [1.82, 2.24) is 4.98 Å². The van der Waals surface area contributed by atoms with Gasteiger partial charge in [-0.3, -0.25) is 4.79 Å². The third-order valence-electron chi connectivity index (χ3n) is 5.15. The van der Waals surface area contributed by atoms with Crippen LogP contribution < -0.4 is 10.7 Å². The second kappa shape index (κ2) is 6.74. The highest BCUT2D eigenvalue weighted by atomic mass is 35.5. The number of rotatable bonds is 5. The largest absolute Gasteiger partial charge is 0.477 e. The van der Waals surface area contributed by atoms with E-state index in [1.54, 1.807) is 6.07 Å². The average molecular weight is 383 g/mol. The van der Waals surface area contributed by atoms with E-state index in [2.05, 4.69) is 22.4 Å². The van der Waals surface area contributed by atoms with Crippen LogP contribution >= 0.6 is 11.6 Å². The molecule has 1 aromatic heterocycles. The predicted molar refractivity (Wildman–Crippen MR) is 107 cm³/mol. The van der Waals surface area contributed by atoms with Gasteiger partial charge in [-0.1, -0.05) is 48.9 Å². The minimum Gasteiger partial charge on any atom is -0.477 e. The lowest BCUT2D eigenvalue weighted by Gasteiger charge is -2.14. The summed E-state index contributed by atoms with van der Waals surface area (Å²) in [5.74, 6) is -0.835. The molecule has 0 bridgehead atoms. The summed E-state index contributed by atoms with van der Waals surface area (Å²) in [7, 11) is 0. The number of benzene rings is 2. The number of carboxylic acids is 1. The number of H-pyrrole nitrogens is 1. The van der Waals surface area contributed by atoms with Crippen LogP contribution in [0.25, 0.3) is 10.9 Å². The molecule has 3 N–H and O–H groups in total. The fourth-order valence-corrected chi connectivity index (χ4v) is 3.97. The lowest BCUT2D eigenvalue weighted by atomic mass is 10.0. The Kier molecular flexibility index (Phi) is 4.40. The minimum absolute atomic E-state index is 0.244. The van der Waals surface area contributed by atoms with Gasteiger partial charge in [0.2, 0.25) is 5.43 Å². The van der Waals surface area contributed by atoms with Gasteiger partial charge >= 0.3 is 5.97 Å². The molecule has 2 atom stereocenters. The molecule has 2 unspecified atom stereocenters. The smallest absolute Gasteiger partial charge is 0.341 e. The standard InChI is InChI=1S/C21H19ClN2O3/c1-2-12-18(22)17(24-16-8-13(16)11-6-4-3-5-7-11)9-14-19(12)23-10-15(20(14)25)21(26)27/h3-7,9-10,13,16,24H,2,8H2,1H3,(H,23,25)(H,26,27). The normalized spacial score (nSPS) is 18.4. The first kappa shape index (κ1) is 17.6. The maximum absolute atomic E-state index is 12.6. The van der Waals surface area contributed by atoms with Crippen LogP contribution in [0.3, 0.4) is 0 Å². The molecule has 2 aromatic carbocycles. The van der Waals surface area contributed by atoms with Gasteiger partial charge in [0, 0.05) is 23.5 Å². The molecule has 27 heavy (non-hydrogen) atoms. The van der Waals surface area contributed by atoms with Gasteiger partial charge in [-0.15, -0.1) is 0 Å². The molecular formula is C21H19ClN2O3. The highest BCUT2D eigenvalue weighted by Crippen LogP contribution is 2.44. The van der Waals surface area contributed by atoms with Crippen molar-refractivity contribution in [3.8, 4) is 0 Å². The van der Waals surface area contributed by atoms with Gasteiger partial charge < -0.3 is 15.4 Å². The number of halogens is 1. The van der Waals surface area contributed by atoms with Gasteiger partial charge in [-0.05, 0) is 30.0 Å². The van der Waals surface area contributed by atoms with E-state index in [0.29, 0.717) is 34.0 Å². The maximum Gasteiger partial charge on any atom is 0.341 e. The Labute approximate surface area is 161 Å². The van der Waals surface area contributed by atoms with Crippen LogP contribution in [-0.4, -0.2) is 22.1 Å². The van der Waals surface area contributed by atoms with Crippen LogP contribution in [-0.2, 0) is 6.42 Å². The predicted octanol–water partition coefficient (Wildman–Crippen LogP) is 4.41. The van der Waals surface area contributed by atoms with Crippen LogP contribution in [0, 0.1) is 0 Å². The third kappa shape index (κ3) is 3.08. The van der Waals surface area contributed by atoms with Crippen LogP contribution in [0.5, 0.6) is 0 Å². The fourth-order valence-electron chi connectivity index (χ4n) is 3.63. The molecule has 0 saturated heterocycles. The summed E-state index contributed by atoms with van der Waals surface area (Å²) in [6, 6.07) is 12.2. The average Bonchev–Trinajstić information content (AvgIpc) is 3.43. The van der Waals surface area contributed by atoms with Crippen molar-refractivity contribution in [3.05, 3.63) is 74.5 Å². The number of anilines is 1. The van der Waals surface area contributed by atoms with Crippen LogP contribution in [0.1, 0.15) is 40.7 Å². The number of aromatic carboxylic acids is 1. The summed E-state index contributed by atoms with van der Waals surface area (Å²) < 4.78 is 0. The molecule has 1 fully saturated rings.